The van der Waals surface area contributed by atoms with E-state index in [9.17, 15) is 9.59 Å². The van der Waals surface area contributed by atoms with Gasteiger partial charge in [-0.2, -0.15) is 0 Å². The van der Waals surface area contributed by atoms with Crippen molar-refractivity contribution in [1.82, 2.24) is 4.98 Å². The number of hydrogen-bond donors (Lipinski definition) is 3. The maximum absolute atomic E-state index is 12.6. The quantitative estimate of drug-likeness (QED) is 0.712. The van der Waals surface area contributed by atoms with Crippen molar-refractivity contribution in [3.63, 3.8) is 0 Å². The van der Waals surface area contributed by atoms with Crippen LogP contribution in [0, 0.1) is 5.92 Å². The van der Waals surface area contributed by atoms with Gasteiger partial charge in [-0.15, -0.1) is 0 Å². The van der Waals surface area contributed by atoms with Gasteiger partial charge in [-0.25, -0.2) is 4.79 Å². The van der Waals surface area contributed by atoms with Crippen LogP contribution in [-0.4, -0.2) is 24.1 Å². The minimum atomic E-state index is -0.569. The van der Waals surface area contributed by atoms with Crippen LogP contribution >= 0.6 is 0 Å². The van der Waals surface area contributed by atoms with Crippen LogP contribution < -0.4 is 16.4 Å². The number of amides is 2. The third kappa shape index (κ3) is 4.43. The van der Waals surface area contributed by atoms with Gasteiger partial charge in [-0.3, -0.25) is 15.1 Å². The van der Waals surface area contributed by atoms with Crippen molar-refractivity contribution in [2.45, 2.75) is 32.2 Å². The molecule has 0 spiro atoms. The molecule has 1 aliphatic rings. The van der Waals surface area contributed by atoms with Crippen molar-refractivity contribution in [3.05, 3.63) is 42.2 Å². The van der Waals surface area contributed by atoms with Crippen LogP contribution in [0.1, 0.15) is 37.9 Å². The molecule has 1 aliphatic heterocycles. The van der Waals surface area contributed by atoms with Gasteiger partial charge >= 0.3 is 6.09 Å². The van der Waals surface area contributed by atoms with Crippen molar-refractivity contribution >= 4 is 23.4 Å². The number of ether oxygens (including phenoxy) is 1. The predicted octanol–water partition coefficient (Wildman–Crippen LogP) is 3.69. The summed E-state index contributed by atoms with van der Waals surface area (Å²) in [5.41, 5.74) is 10.0. The lowest BCUT2D eigenvalue weighted by Crippen LogP contribution is -2.22. The van der Waals surface area contributed by atoms with Crippen molar-refractivity contribution in [3.8, 4) is 11.1 Å². The minimum absolute atomic E-state index is 0.0603. The summed E-state index contributed by atoms with van der Waals surface area (Å²) in [7, 11) is 1.30. The number of fused-ring (bicyclic) bond motifs is 4. The number of nitrogens with one attached hydrogen (secondary N) is 2. The molecule has 7 nitrogen and oxygen atoms in total. The van der Waals surface area contributed by atoms with Gasteiger partial charge < -0.3 is 15.8 Å². The van der Waals surface area contributed by atoms with E-state index in [0.29, 0.717) is 11.4 Å². The second-order valence-electron chi connectivity index (χ2n) is 6.77. The van der Waals surface area contributed by atoms with Gasteiger partial charge in [0.15, 0.2) is 0 Å². The van der Waals surface area contributed by atoms with E-state index >= 15 is 0 Å². The first kappa shape index (κ1) is 18.8. The van der Waals surface area contributed by atoms with Gasteiger partial charge in [0.1, 0.15) is 0 Å². The lowest BCUT2D eigenvalue weighted by Gasteiger charge is -2.19. The molecule has 1 unspecified atom stereocenters. The van der Waals surface area contributed by atoms with Crippen LogP contribution in [-0.2, 0) is 9.53 Å². The molecule has 27 heavy (non-hydrogen) atoms. The van der Waals surface area contributed by atoms with Gasteiger partial charge in [0.25, 0.3) is 0 Å². The fraction of sp³-hybridized carbons (Fsp3) is 0.350. The van der Waals surface area contributed by atoms with E-state index in [4.69, 9.17) is 5.73 Å². The molecular weight excluding hydrogens is 344 g/mol. The molecule has 2 bridgehead atoms. The Morgan fingerprint density at radius 3 is 2.89 bits per heavy atom. The van der Waals surface area contributed by atoms with E-state index in [1.54, 1.807) is 18.3 Å². The SMILES string of the molecule is COC(=O)Nc1ccc2c(c1)NC(=O)C(C)CCC[C@H](N)c1cc-2ccn1. The average Bonchev–Trinajstić information content (AvgIpc) is 2.67. The highest BCUT2D eigenvalue weighted by atomic mass is 16.5. The predicted molar refractivity (Wildman–Crippen MR) is 104 cm³/mol. The number of rotatable bonds is 1. The van der Waals surface area contributed by atoms with E-state index in [-0.39, 0.29) is 17.9 Å². The van der Waals surface area contributed by atoms with Crippen LogP contribution in [0.15, 0.2) is 36.5 Å². The number of aromatic nitrogens is 1. The topological polar surface area (TPSA) is 106 Å². The molecule has 0 saturated carbocycles. The summed E-state index contributed by atoms with van der Waals surface area (Å²) in [6, 6.07) is 9.00. The number of pyridine rings is 1. The maximum atomic E-state index is 12.6. The van der Waals surface area contributed by atoms with Crippen molar-refractivity contribution in [1.29, 1.82) is 0 Å². The summed E-state index contributed by atoms with van der Waals surface area (Å²) in [6.07, 6.45) is 3.53. The largest absolute Gasteiger partial charge is 0.453 e. The molecule has 0 aliphatic carbocycles. The standard InChI is InChI=1S/C20H24N4O3/c1-12-4-3-5-16(21)18-10-13(8-9-22-18)15-7-6-14(23-20(26)27-2)11-17(15)24-19(12)25/h6-12,16H,3-5,21H2,1-2H3,(H,23,26)(H,24,25)/t12?,16-/m0/s1. The number of nitrogens with zero attached hydrogens (tertiary/aromatic N) is 1. The normalized spacial score (nSPS) is 19.7. The third-order valence-corrected chi connectivity index (χ3v) is 4.78. The van der Waals surface area contributed by atoms with Crippen molar-refractivity contribution < 1.29 is 14.3 Å². The molecule has 4 N–H and O–H groups in total. The molecule has 1 aromatic carbocycles. The summed E-state index contributed by atoms with van der Waals surface area (Å²) in [4.78, 5) is 28.5. The van der Waals surface area contributed by atoms with E-state index < -0.39 is 6.09 Å². The number of carbonyl (C=O) groups excluding carboxylic acids is 2. The molecule has 2 heterocycles. The Balaban J connectivity index is 2.07. The van der Waals surface area contributed by atoms with E-state index in [0.717, 1.165) is 36.1 Å². The van der Waals surface area contributed by atoms with E-state index in [2.05, 4.69) is 20.4 Å². The Morgan fingerprint density at radius 2 is 2.11 bits per heavy atom. The number of hydrogen-bond acceptors (Lipinski definition) is 5. The van der Waals surface area contributed by atoms with Gasteiger partial charge in [-0.1, -0.05) is 19.4 Å². The van der Waals surface area contributed by atoms with Gasteiger partial charge in [0.2, 0.25) is 5.91 Å². The van der Waals surface area contributed by atoms with Crippen LogP contribution in [0.5, 0.6) is 0 Å². The molecule has 0 radical (unpaired) electrons. The lowest BCUT2D eigenvalue weighted by atomic mass is 9.96. The molecule has 1 aromatic heterocycles. The van der Waals surface area contributed by atoms with Gasteiger partial charge in [0, 0.05) is 29.4 Å². The first-order valence-electron chi connectivity index (χ1n) is 8.99. The van der Waals surface area contributed by atoms with Crippen molar-refractivity contribution in [2.24, 2.45) is 11.7 Å². The Kier molecular flexibility index (Phi) is 5.71. The fourth-order valence-corrected chi connectivity index (χ4v) is 3.14. The fourth-order valence-electron chi connectivity index (χ4n) is 3.14. The molecule has 7 heteroatoms. The average molecular weight is 368 g/mol. The van der Waals surface area contributed by atoms with Crippen molar-refractivity contribution in [2.75, 3.05) is 17.7 Å². The first-order valence-corrected chi connectivity index (χ1v) is 8.99. The molecule has 2 amide bonds. The zero-order chi connectivity index (χ0) is 19.4. The first-order chi connectivity index (χ1) is 13.0. The molecular formula is C20H24N4O3. The monoisotopic (exact) mass is 368 g/mol. The van der Waals surface area contributed by atoms with E-state index in [1.807, 2.05) is 25.1 Å². The summed E-state index contributed by atoms with van der Waals surface area (Å²) in [6.45, 7) is 1.90. The molecule has 2 atom stereocenters. The number of methoxy groups -OCH3 is 1. The van der Waals surface area contributed by atoms with Crippen LogP contribution in [0.3, 0.4) is 0 Å². The van der Waals surface area contributed by atoms with Crippen LogP contribution in [0.4, 0.5) is 16.2 Å². The minimum Gasteiger partial charge on any atom is -0.453 e. The molecule has 3 rings (SSSR count). The highest BCUT2D eigenvalue weighted by Crippen LogP contribution is 2.33. The second-order valence-corrected chi connectivity index (χ2v) is 6.77. The summed E-state index contributed by atoms with van der Waals surface area (Å²) >= 11 is 0. The number of anilines is 2. The molecule has 0 saturated heterocycles. The van der Waals surface area contributed by atoms with Crippen LogP contribution in [0.2, 0.25) is 0 Å². The zero-order valence-corrected chi connectivity index (χ0v) is 15.5. The Hall–Kier alpha value is -2.93. The molecule has 2 aromatic rings. The van der Waals surface area contributed by atoms with E-state index in [1.165, 1.54) is 7.11 Å². The molecule has 0 fully saturated rings. The summed E-state index contributed by atoms with van der Waals surface area (Å²) in [5, 5.41) is 5.62. The lowest BCUT2D eigenvalue weighted by molar-refractivity contribution is -0.119. The summed E-state index contributed by atoms with van der Waals surface area (Å²) < 4.78 is 4.64. The third-order valence-electron chi connectivity index (χ3n) is 4.78. The highest BCUT2D eigenvalue weighted by molar-refractivity contribution is 5.98. The molecule has 142 valence electrons. The second kappa shape index (κ2) is 8.18. The van der Waals surface area contributed by atoms with Gasteiger partial charge in [0.05, 0.1) is 18.5 Å². The summed E-state index contributed by atoms with van der Waals surface area (Å²) in [5.74, 6) is -0.206. The Morgan fingerprint density at radius 1 is 1.30 bits per heavy atom. The highest BCUT2D eigenvalue weighted by Gasteiger charge is 2.19. The number of nitrogens with two attached hydrogens (primary N) is 1. The van der Waals surface area contributed by atoms with Crippen LogP contribution in [0.25, 0.3) is 11.1 Å². The number of benzene rings is 1. The number of carbonyl (C=O) groups is 2. The zero-order valence-electron chi connectivity index (χ0n) is 15.5. The Bertz CT molecular complexity index is 853. The maximum Gasteiger partial charge on any atom is 0.411 e. The smallest absolute Gasteiger partial charge is 0.411 e. The Labute approximate surface area is 158 Å². The van der Waals surface area contributed by atoms with Gasteiger partial charge in [-0.05, 0) is 42.7 Å².